The van der Waals surface area contributed by atoms with Gasteiger partial charge in [-0.2, -0.15) is 4.31 Å². The van der Waals surface area contributed by atoms with Gasteiger partial charge in [0.15, 0.2) is 11.5 Å². The number of nitrogens with zero attached hydrogens (tertiary/aromatic N) is 2. The second-order valence-corrected chi connectivity index (χ2v) is 9.03. The van der Waals surface area contributed by atoms with Gasteiger partial charge >= 0.3 is 0 Å². The lowest BCUT2D eigenvalue weighted by molar-refractivity contribution is 0.171. The molecule has 28 heavy (non-hydrogen) atoms. The smallest absolute Gasteiger partial charge is 0.243 e. The molecule has 0 bridgehead atoms. The second-order valence-electron chi connectivity index (χ2n) is 7.10. The molecule has 2 aliphatic heterocycles. The minimum Gasteiger partial charge on any atom is -0.493 e. The van der Waals surface area contributed by atoms with E-state index in [0.717, 1.165) is 24.3 Å². The van der Waals surface area contributed by atoms with E-state index in [1.807, 2.05) is 19.1 Å². The molecule has 0 unspecified atom stereocenters. The highest BCUT2D eigenvalue weighted by molar-refractivity contribution is 7.89. The van der Waals surface area contributed by atoms with E-state index in [4.69, 9.17) is 14.2 Å². The zero-order valence-electron chi connectivity index (χ0n) is 15.8. The van der Waals surface area contributed by atoms with Gasteiger partial charge in [-0.1, -0.05) is 0 Å². The van der Waals surface area contributed by atoms with E-state index in [1.54, 1.807) is 28.7 Å². The normalized spacial score (nSPS) is 18.0. The number of benzene rings is 1. The van der Waals surface area contributed by atoms with Crippen LogP contribution in [0.25, 0.3) is 0 Å². The number of hydrogen-bond donors (Lipinski definition) is 0. The van der Waals surface area contributed by atoms with Crippen LogP contribution in [0, 0.1) is 12.8 Å². The van der Waals surface area contributed by atoms with Gasteiger partial charge in [0.25, 0.3) is 0 Å². The summed E-state index contributed by atoms with van der Waals surface area (Å²) in [6, 6.07) is 8.56. The average Bonchev–Trinajstić information content (AvgIpc) is 2.72. The molecule has 3 heterocycles. The monoisotopic (exact) mass is 404 g/mol. The minimum absolute atomic E-state index is 0.249. The third-order valence-corrected chi connectivity index (χ3v) is 6.97. The maximum Gasteiger partial charge on any atom is 0.243 e. The van der Waals surface area contributed by atoms with E-state index >= 15 is 0 Å². The fraction of sp³-hybridized carbons (Fsp3) is 0.450. The molecule has 0 radical (unpaired) electrons. The van der Waals surface area contributed by atoms with Crippen LogP contribution in [0.5, 0.6) is 17.2 Å². The van der Waals surface area contributed by atoms with E-state index in [9.17, 15) is 8.42 Å². The maximum atomic E-state index is 13.0. The van der Waals surface area contributed by atoms with E-state index in [0.29, 0.717) is 50.3 Å². The zero-order chi connectivity index (χ0) is 19.6. The topological polar surface area (TPSA) is 78.0 Å². The Balaban J connectivity index is 1.36. The van der Waals surface area contributed by atoms with Crippen molar-refractivity contribution in [3.8, 4) is 17.2 Å². The van der Waals surface area contributed by atoms with E-state index < -0.39 is 10.0 Å². The molecule has 1 fully saturated rings. The fourth-order valence-corrected chi connectivity index (χ4v) is 4.96. The van der Waals surface area contributed by atoms with Crippen LogP contribution >= 0.6 is 0 Å². The standard InChI is InChI=1S/C20H24N2O5S/c1-15-12-17(4-7-21-15)27-14-16-5-8-22(9-6-16)28(23,24)18-2-3-19-20(13-18)26-11-10-25-19/h2-4,7,12-13,16H,5-6,8-11,14H2,1H3. The van der Waals surface area contributed by atoms with Crippen molar-refractivity contribution >= 4 is 10.0 Å². The minimum atomic E-state index is -3.54. The van der Waals surface area contributed by atoms with Crippen molar-refractivity contribution in [1.29, 1.82) is 0 Å². The Morgan fingerprint density at radius 3 is 2.61 bits per heavy atom. The Kier molecular flexibility index (Phi) is 5.41. The van der Waals surface area contributed by atoms with Crippen LogP contribution in [0.4, 0.5) is 0 Å². The first-order valence-corrected chi connectivity index (χ1v) is 10.9. The molecule has 4 rings (SSSR count). The lowest BCUT2D eigenvalue weighted by atomic mass is 9.99. The molecule has 2 aliphatic rings. The Morgan fingerprint density at radius 1 is 1.11 bits per heavy atom. The fourth-order valence-electron chi connectivity index (χ4n) is 3.47. The lowest BCUT2D eigenvalue weighted by Crippen LogP contribution is -2.39. The van der Waals surface area contributed by atoms with E-state index in [1.165, 1.54) is 0 Å². The third kappa shape index (κ3) is 4.07. The van der Waals surface area contributed by atoms with Gasteiger partial charge in [-0.3, -0.25) is 4.98 Å². The van der Waals surface area contributed by atoms with Gasteiger partial charge in [0.1, 0.15) is 19.0 Å². The lowest BCUT2D eigenvalue weighted by Gasteiger charge is -2.31. The van der Waals surface area contributed by atoms with E-state index in [-0.39, 0.29) is 4.90 Å². The quantitative estimate of drug-likeness (QED) is 0.762. The predicted octanol–water partition coefficient (Wildman–Crippen LogP) is 2.64. The summed E-state index contributed by atoms with van der Waals surface area (Å²) in [4.78, 5) is 4.41. The molecule has 0 atom stereocenters. The maximum absolute atomic E-state index is 13.0. The van der Waals surface area contributed by atoms with Crippen molar-refractivity contribution < 1.29 is 22.6 Å². The van der Waals surface area contributed by atoms with Gasteiger partial charge in [-0.25, -0.2) is 8.42 Å². The predicted molar refractivity (Wildman–Crippen MR) is 103 cm³/mol. The number of aryl methyl sites for hydroxylation is 1. The van der Waals surface area contributed by atoms with Crippen LogP contribution in [0.3, 0.4) is 0 Å². The van der Waals surface area contributed by atoms with Crippen LogP contribution < -0.4 is 14.2 Å². The number of fused-ring (bicyclic) bond motifs is 1. The largest absolute Gasteiger partial charge is 0.493 e. The molecule has 1 saturated heterocycles. The highest BCUT2D eigenvalue weighted by Gasteiger charge is 2.30. The average molecular weight is 404 g/mol. The molecular formula is C20H24N2O5S. The molecule has 1 aromatic heterocycles. The Bertz CT molecular complexity index is 939. The third-order valence-electron chi connectivity index (χ3n) is 5.08. The van der Waals surface area contributed by atoms with Gasteiger partial charge in [-0.15, -0.1) is 0 Å². The van der Waals surface area contributed by atoms with Crippen LogP contribution in [-0.2, 0) is 10.0 Å². The first kappa shape index (κ1) is 19.0. The number of sulfonamides is 1. The molecule has 8 heteroatoms. The molecule has 1 aromatic carbocycles. The summed E-state index contributed by atoms with van der Waals surface area (Å²) >= 11 is 0. The molecule has 0 spiro atoms. The van der Waals surface area contributed by atoms with Crippen molar-refractivity contribution in [3.63, 3.8) is 0 Å². The van der Waals surface area contributed by atoms with Crippen molar-refractivity contribution in [2.45, 2.75) is 24.7 Å². The summed E-state index contributed by atoms with van der Waals surface area (Å²) in [6.45, 7) is 4.39. The number of rotatable bonds is 5. The van der Waals surface area contributed by atoms with Crippen LogP contribution in [0.2, 0.25) is 0 Å². The Hall–Kier alpha value is -2.32. The van der Waals surface area contributed by atoms with Crippen molar-refractivity contribution in [3.05, 3.63) is 42.2 Å². The molecule has 0 saturated carbocycles. The summed E-state index contributed by atoms with van der Waals surface area (Å²) < 4.78 is 44.4. The second kappa shape index (κ2) is 7.97. The number of piperidine rings is 1. The van der Waals surface area contributed by atoms with Gasteiger partial charge in [-0.05, 0) is 43.9 Å². The van der Waals surface area contributed by atoms with Gasteiger partial charge < -0.3 is 14.2 Å². The Morgan fingerprint density at radius 2 is 1.86 bits per heavy atom. The summed E-state index contributed by atoms with van der Waals surface area (Å²) in [6.07, 6.45) is 3.27. The SMILES string of the molecule is Cc1cc(OCC2CCN(S(=O)(=O)c3ccc4c(c3)OCCO4)CC2)ccn1. The molecule has 0 N–H and O–H groups in total. The number of pyridine rings is 1. The van der Waals surface area contributed by atoms with E-state index in [2.05, 4.69) is 4.98 Å². The Labute approximate surface area is 165 Å². The van der Waals surface area contributed by atoms with Gasteiger partial charge in [0, 0.05) is 37.1 Å². The first-order chi connectivity index (χ1) is 13.5. The summed E-state index contributed by atoms with van der Waals surface area (Å²) in [5.74, 6) is 2.22. The highest BCUT2D eigenvalue weighted by Crippen LogP contribution is 2.34. The molecular weight excluding hydrogens is 380 g/mol. The molecule has 2 aromatic rings. The molecule has 0 aliphatic carbocycles. The van der Waals surface area contributed by atoms with Crippen molar-refractivity contribution in [2.24, 2.45) is 5.92 Å². The summed E-state index contributed by atoms with van der Waals surface area (Å²) in [7, 11) is -3.54. The first-order valence-electron chi connectivity index (χ1n) is 9.47. The van der Waals surface area contributed by atoms with Crippen molar-refractivity contribution in [1.82, 2.24) is 9.29 Å². The number of hydrogen-bond acceptors (Lipinski definition) is 6. The number of ether oxygens (including phenoxy) is 3. The number of aromatic nitrogens is 1. The summed E-state index contributed by atoms with van der Waals surface area (Å²) in [5, 5.41) is 0. The molecule has 0 amide bonds. The van der Waals surface area contributed by atoms with Crippen molar-refractivity contribution in [2.75, 3.05) is 32.9 Å². The van der Waals surface area contributed by atoms with Gasteiger partial charge in [0.2, 0.25) is 10.0 Å². The highest BCUT2D eigenvalue weighted by atomic mass is 32.2. The van der Waals surface area contributed by atoms with Crippen LogP contribution in [0.15, 0.2) is 41.4 Å². The van der Waals surface area contributed by atoms with Gasteiger partial charge in [0.05, 0.1) is 11.5 Å². The van der Waals surface area contributed by atoms with Crippen LogP contribution in [0.1, 0.15) is 18.5 Å². The molecule has 150 valence electrons. The zero-order valence-corrected chi connectivity index (χ0v) is 16.7. The molecule has 7 nitrogen and oxygen atoms in total. The van der Waals surface area contributed by atoms with Crippen LogP contribution in [-0.4, -0.2) is 50.6 Å². The summed E-state index contributed by atoms with van der Waals surface area (Å²) in [5.41, 5.74) is 0.915.